The van der Waals surface area contributed by atoms with E-state index in [1.807, 2.05) is 35.7 Å². The van der Waals surface area contributed by atoms with E-state index in [4.69, 9.17) is 9.26 Å². The van der Waals surface area contributed by atoms with Crippen molar-refractivity contribution in [3.8, 4) is 17.1 Å². The molecule has 3 aromatic heterocycles. The van der Waals surface area contributed by atoms with Crippen molar-refractivity contribution < 1.29 is 9.26 Å². The number of hydrogen-bond donors (Lipinski definition) is 1. The zero-order valence-corrected chi connectivity index (χ0v) is 15.8. The summed E-state index contributed by atoms with van der Waals surface area (Å²) >= 11 is 3.30. The van der Waals surface area contributed by atoms with Crippen molar-refractivity contribution in [1.82, 2.24) is 10.5 Å². The van der Waals surface area contributed by atoms with Crippen LogP contribution in [0.25, 0.3) is 21.5 Å². The van der Waals surface area contributed by atoms with E-state index in [0.29, 0.717) is 6.61 Å². The highest BCUT2D eigenvalue weighted by Crippen LogP contribution is 2.32. The Bertz CT molecular complexity index is 918. The number of fused-ring (bicyclic) bond motifs is 1. The summed E-state index contributed by atoms with van der Waals surface area (Å²) in [6.07, 6.45) is 0. The standard InChI is InChI=1S/C18H16N2O2S2.ClH/c1-2-14(17-16-5-9-24-18(16)20-22-17)10-15(3-1)21-7-6-19-11-13-4-8-23-12-13;/h1-5,8-10,12,19H,6-7,11H2;1H. The van der Waals surface area contributed by atoms with E-state index in [2.05, 4.69) is 27.3 Å². The van der Waals surface area contributed by atoms with E-state index >= 15 is 0 Å². The lowest BCUT2D eigenvalue weighted by atomic mass is 10.1. The molecule has 4 rings (SSSR count). The van der Waals surface area contributed by atoms with Crippen LogP contribution in [0.3, 0.4) is 0 Å². The molecule has 0 aliphatic rings. The second-order valence-electron chi connectivity index (χ2n) is 5.34. The molecule has 0 spiro atoms. The number of ether oxygens (including phenoxy) is 1. The van der Waals surface area contributed by atoms with Crippen LogP contribution in [0.2, 0.25) is 0 Å². The summed E-state index contributed by atoms with van der Waals surface area (Å²) in [6, 6.07) is 12.1. The number of nitrogens with one attached hydrogen (secondary N) is 1. The lowest BCUT2D eigenvalue weighted by Gasteiger charge is -2.08. The van der Waals surface area contributed by atoms with Crippen molar-refractivity contribution in [1.29, 1.82) is 0 Å². The van der Waals surface area contributed by atoms with Gasteiger partial charge in [0.2, 0.25) is 0 Å². The van der Waals surface area contributed by atoms with Crippen molar-refractivity contribution in [2.24, 2.45) is 0 Å². The average molecular weight is 393 g/mol. The molecular weight excluding hydrogens is 376 g/mol. The number of nitrogens with zero attached hydrogens (tertiary/aromatic N) is 1. The van der Waals surface area contributed by atoms with Gasteiger partial charge in [-0.05, 0) is 46.0 Å². The van der Waals surface area contributed by atoms with Gasteiger partial charge in [0, 0.05) is 18.7 Å². The van der Waals surface area contributed by atoms with Crippen LogP contribution < -0.4 is 10.1 Å². The highest BCUT2D eigenvalue weighted by molar-refractivity contribution is 7.16. The second kappa shape index (κ2) is 8.49. The molecule has 4 aromatic rings. The number of thiophene rings is 2. The Hall–Kier alpha value is -1.86. The third-order valence-corrected chi connectivity index (χ3v) is 5.18. The van der Waals surface area contributed by atoms with Gasteiger partial charge in [0.1, 0.15) is 12.4 Å². The van der Waals surface area contributed by atoms with E-state index < -0.39 is 0 Å². The maximum absolute atomic E-state index is 5.84. The first-order valence-corrected chi connectivity index (χ1v) is 9.50. The Labute approximate surface area is 159 Å². The molecule has 0 atom stereocenters. The summed E-state index contributed by atoms with van der Waals surface area (Å²) in [5.74, 6) is 1.64. The zero-order chi connectivity index (χ0) is 16.2. The first-order chi connectivity index (χ1) is 11.9. The lowest BCUT2D eigenvalue weighted by molar-refractivity contribution is 0.313. The van der Waals surface area contributed by atoms with E-state index in [-0.39, 0.29) is 12.4 Å². The molecule has 3 heterocycles. The molecule has 0 saturated heterocycles. The molecule has 0 unspecified atom stereocenters. The summed E-state index contributed by atoms with van der Waals surface area (Å²) in [7, 11) is 0. The predicted octanol–water partition coefficient (Wildman–Crippen LogP) is 5.21. The summed E-state index contributed by atoms with van der Waals surface area (Å²) in [4.78, 5) is 0.925. The Kier molecular flexibility index (Phi) is 6.09. The fraction of sp³-hybridized carbons (Fsp3) is 0.167. The van der Waals surface area contributed by atoms with Crippen molar-refractivity contribution >= 4 is 45.3 Å². The van der Waals surface area contributed by atoms with E-state index in [9.17, 15) is 0 Å². The SMILES string of the molecule is Cl.c1cc(OCCNCc2ccsc2)cc(-c2onc3sccc23)c1. The fourth-order valence-corrected chi connectivity index (χ4v) is 3.85. The minimum absolute atomic E-state index is 0. The smallest absolute Gasteiger partial charge is 0.175 e. The van der Waals surface area contributed by atoms with Gasteiger partial charge in [-0.1, -0.05) is 17.3 Å². The number of hydrogen-bond acceptors (Lipinski definition) is 6. The third kappa shape index (κ3) is 4.22. The van der Waals surface area contributed by atoms with Gasteiger partial charge < -0.3 is 14.6 Å². The van der Waals surface area contributed by atoms with Crippen LogP contribution >= 0.6 is 35.1 Å². The van der Waals surface area contributed by atoms with Gasteiger partial charge in [-0.25, -0.2) is 0 Å². The van der Waals surface area contributed by atoms with Crippen LogP contribution in [0.4, 0.5) is 0 Å². The minimum atomic E-state index is 0. The zero-order valence-electron chi connectivity index (χ0n) is 13.3. The van der Waals surface area contributed by atoms with Gasteiger partial charge in [-0.2, -0.15) is 11.3 Å². The number of aromatic nitrogens is 1. The van der Waals surface area contributed by atoms with Gasteiger partial charge >= 0.3 is 0 Å². The summed E-state index contributed by atoms with van der Waals surface area (Å²) in [5, 5.41) is 14.8. The Morgan fingerprint density at radius 1 is 1.16 bits per heavy atom. The van der Waals surface area contributed by atoms with Crippen LogP contribution in [-0.4, -0.2) is 18.3 Å². The second-order valence-corrected chi connectivity index (χ2v) is 7.01. The van der Waals surface area contributed by atoms with Gasteiger partial charge in [-0.3, -0.25) is 0 Å². The van der Waals surface area contributed by atoms with E-state index in [1.54, 1.807) is 22.7 Å². The highest BCUT2D eigenvalue weighted by atomic mass is 35.5. The van der Waals surface area contributed by atoms with Crippen molar-refractivity contribution in [2.45, 2.75) is 6.54 Å². The summed E-state index contributed by atoms with van der Waals surface area (Å²) in [5.41, 5.74) is 2.30. The highest BCUT2D eigenvalue weighted by Gasteiger charge is 2.12. The minimum Gasteiger partial charge on any atom is -0.492 e. The molecule has 130 valence electrons. The molecule has 0 saturated carbocycles. The molecular formula is C18H17ClN2O2S2. The molecule has 0 amide bonds. The fourth-order valence-electron chi connectivity index (χ4n) is 2.48. The predicted molar refractivity (Wildman–Crippen MR) is 106 cm³/mol. The number of benzene rings is 1. The van der Waals surface area contributed by atoms with Gasteiger partial charge in [0.15, 0.2) is 10.6 Å². The van der Waals surface area contributed by atoms with E-state index in [0.717, 1.165) is 40.4 Å². The van der Waals surface area contributed by atoms with Crippen LogP contribution in [0.5, 0.6) is 5.75 Å². The average Bonchev–Trinajstić information content (AvgIpc) is 3.33. The van der Waals surface area contributed by atoms with Gasteiger partial charge in [0.05, 0.1) is 5.39 Å². The monoisotopic (exact) mass is 392 g/mol. The van der Waals surface area contributed by atoms with Crippen LogP contribution in [0.15, 0.2) is 57.1 Å². The molecule has 1 N–H and O–H groups in total. The Morgan fingerprint density at radius 3 is 3.00 bits per heavy atom. The number of halogens is 1. The molecule has 4 nitrogen and oxygen atoms in total. The largest absolute Gasteiger partial charge is 0.492 e. The van der Waals surface area contributed by atoms with E-state index in [1.165, 1.54) is 5.56 Å². The Morgan fingerprint density at radius 2 is 2.12 bits per heavy atom. The summed E-state index contributed by atoms with van der Waals surface area (Å²) < 4.78 is 11.3. The normalized spacial score (nSPS) is 10.7. The van der Waals surface area contributed by atoms with Crippen LogP contribution in [0.1, 0.15) is 5.56 Å². The van der Waals surface area contributed by atoms with Gasteiger partial charge in [-0.15, -0.1) is 23.7 Å². The maximum Gasteiger partial charge on any atom is 0.175 e. The molecule has 0 fully saturated rings. The molecule has 0 aliphatic carbocycles. The molecule has 0 aliphatic heterocycles. The first kappa shape index (κ1) is 17.9. The first-order valence-electron chi connectivity index (χ1n) is 7.68. The lowest BCUT2D eigenvalue weighted by Crippen LogP contribution is -2.20. The maximum atomic E-state index is 5.84. The summed E-state index contributed by atoms with van der Waals surface area (Å²) in [6.45, 7) is 2.30. The van der Waals surface area contributed by atoms with Gasteiger partial charge in [0.25, 0.3) is 0 Å². The Balaban J connectivity index is 0.00000182. The molecule has 25 heavy (non-hydrogen) atoms. The quantitative estimate of drug-likeness (QED) is 0.438. The van der Waals surface area contributed by atoms with Crippen LogP contribution in [0, 0.1) is 0 Å². The van der Waals surface area contributed by atoms with Crippen LogP contribution in [-0.2, 0) is 6.54 Å². The van der Waals surface area contributed by atoms with Crippen molar-refractivity contribution in [3.05, 3.63) is 58.1 Å². The van der Waals surface area contributed by atoms with Crippen molar-refractivity contribution in [3.63, 3.8) is 0 Å². The molecule has 7 heteroatoms. The number of rotatable bonds is 7. The topological polar surface area (TPSA) is 47.3 Å². The van der Waals surface area contributed by atoms with Crippen molar-refractivity contribution in [2.75, 3.05) is 13.2 Å². The third-order valence-electron chi connectivity index (χ3n) is 3.66. The molecule has 0 radical (unpaired) electrons. The molecule has 1 aromatic carbocycles. The molecule has 0 bridgehead atoms.